The SMILES string of the molecule is NCc1ccc2c(c1)CNCC2c1ccc2ccccc2c1. The van der Waals surface area contributed by atoms with Crippen LogP contribution in [-0.4, -0.2) is 6.54 Å². The van der Waals surface area contributed by atoms with Gasteiger partial charge in [0.15, 0.2) is 0 Å². The quantitative estimate of drug-likeness (QED) is 0.757. The molecule has 0 aliphatic carbocycles. The van der Waals surface area contributed by atoms with E-state index < -0.39 is 0 Å². The van der Waals surface area contributed by atoms with Gasteiger partial charge in [0.05, 0.1) is 0 Å². The van der Waals surface area contributed by atoms with E-state index in [0.29, 0.717) is 12.5 Å². The molecule has 110 valence electrons. The van der Waals surface area contributed by atoms with E-state index >= 15 is 0 Å². The molecule has 3 N–H and O–H groups in total. The number of fused-ring (bicyclic) bond motifs is 2. The summed E-state index contributed by atoms with van der Waals surface area (Å²) in [4.78, 5) is 0. The van der Waals surface area contributed by atoms with Gasteiger partial charge in [-0.15, -0.1) is 0 Å². The van der Waals surface area contributed by atoms with E-state index in [1.54, 1.807) is 0 Å². The third-order valence-corrected chi connectivity index (χ3v) is 4.66. The Morgan fingerprint density at radius 1 is 0.955 bits per heavy atom. The summed E-state index contributed by atoms with van der Waals surface area (Å²) in [6.07, 6.45) is 0. The summed E-state index contributed by atoms with van der Waals surface area (Å²) in [6, 6.07) is 22.0. The van der Waals surface area contributed by atoms with Crippen molar-refractivity contribution in [3.8, 4) is 0 Å². The highest BCUT2D eigenvalue weighted by Gasteiger charge is 2.21. The maximum absolute atomic E-state index is 5.77. The Labute approximate surface area is 131 Å². The van der Waals surface area contributed by atoms with Crippen LogP contribution in [0.25, 0.3) is 10.8 Å². The summed E-state index contributed by atoms with van der Waals surface area (Å²) in [5, 5.41) is 6.16. The molecule has 1 atom stereocenters. The molecular weight excluding hydrogens is 268 g/mol. The maximum Gasteiger partial charge on any atom is 0.0218 e. The van der Waals surface area contributed by atoms with Crippen LogP contribution in [0.5, 0.6) is 0 Å². The molecule has 0 spiro atoms. The molecule has 0 saturated heterocycles. The molecule has 4 rings (SSSR count). The first kappa shape index (κ1) is 13.5. The molecule has 0 saturated carbocycles. The highest BCUT2D eigenvalue weighted by Crippen LogP contribution is 2.32. The summed E-state index contributed by atoms with van der Waals surface area (Å²) in [6.45, 7) is 2.54. The number of hydrogen-bond acceptors (Lipinski definition) is 2. The highest BCUT2D eigenvalue weighted by molar-refractivity contribution is 5.83. The number of benzene rings is 3. The van der Waals surface area contributed by atoms with Crippen molar-refractivity contribution in [3.05, 3.63) is 82.9 Å². The molecule has 2 nitrogen and oxygen atoms in total. The van der Waals surface area contributed by atoms with Crippen molar-refractivity contribution in [2.24, 2.45) is 5.73 Å². The first-order valence-electron chi connectivity index (χ1n) is 7.86. The van der Waals surface area contributed by atoms with Crippen molar-refractivity contribution in [3.63, 3.8) is 0 Å². The van der Waals surface area contributed by atoms with E-state index in [2.05, 4.69) is 66.0 Å². The van der Waals surface area contributed by atoms with E-state index in [-0.39, 0.29) is 0 Å². The van der Waals surface area contributed by atoms with Crippen molar-refractivity contribution < 1.29 is 0 Å². The second kappa shape index (κ2) is 5.56. The third kappa shape index (κ3) is 2.31. The van der Waals surface area contributed by atoms with Crippen molar-refractivity contribution in [2.75, 3.05) is 6.54 Å². The van der Waals surface area contributed by atoms with Crippen molar-refractivity contribution >= 4 is 10.8 Å². The van der Waals surface area contributed by atoms with Gasteiger partial charge in [-0.2, -0.15) is 0 Å². The average molecular weight is 288 g/mol. The van der Waals surface area contributed by atoms with Crippen LogP contribution in [0.2, 0.25) is 0 Å². The number of rotatable bonds is 2. The normalized spacial score (nSPS) is 17.4. The van der Waals surface area contributed by atoms with Gasteiger partial charge in [-0.3, -0.25) is 0 Å². The standard InChI is InChI=1S/C20H20N2/c21-11-14-5-8-19-18(9-14)12-22-13-20(19)17-7-6-15-3-1-2-4-16(15)10-17/h1-10,20,22H,11-13,21H2. The van der Waals surface area contributed by atoms with Crippen LogP contribution in [0.1, 0.15) is 28.2 Å². The Bertz CT molecular complexity index is 823. The number of nitrogens with two attached hydrogens (primary N) is 1. The monoisotopic (exact) mass is 288 g/mol. The molecule has 1 unspecified atom stereocenters. The zero-order chi connectivity index (χ0) is 14.9. The Morgan fingerprint density at radius 2 is 1.82 bits per heavy atom. The Kier molecular flexibility index (Phi) is 3.41. The molecule has 0 amide bonds. The second-order valence-electron chi connectivity index (χ2n) is 6.03. The molecule has 0 aromatic heterocycles. The largest absolute Gasteiger partial charge is 0.326 e. The van der Waals surface area contributed by atoms with Crippen LogP contribution in [0, 0.1) is 0 Å². The third-order valence-electron chi connectivity index (χ3n) is 4.66. The highest BCUT2D eigenvalue weighted by atomic mass is 14.9. The Hall–Kier alpha value is -2.16. The fourth-order valence-corrected chi connectivity index (χ4v) is 3.46. The molecule has 1 aliphatic heterocycles. The van der Waals surface area contributed by atoms with Crippen LogP contribution in [0.15, 0.2) is 60.7 Å². The molecule has 0 fully saturated rings. The molecule has 1 heterocycles. The van der Waals surface area contributed by atoms with Crippen LogP contribution >= 0.6 is 0 Å². The summed E-state index contributed by atoms with van der Waals surface area (Å²) >= 11 is 0. The fourth-order valence-electron chi connectivity index (χ4n) is 3.46. The molecular formula is C20H20N2. The minimum atomic E-state index is 0.417. The minimum Gasteiger partial charge on any atom is -0.326 e. The van der Waals surface area contributed by atoms with E-state index in [1.807, 2.05) is 0 Å². The van der Waals surface area contributed by atoms with Gasteiger partial charge in [-0.1, -0.05) is 60.7 Å². The van der Waals surface area contributed by atoms with Crippen LogP contribution in [-0.2, 0) is 13.1 Å². The van der Waals surface area contributed by atoms with Gasteiger partial charge in [0.1, 0.15) is 0 Å². The summed E-state index contributed by atoms with van der Waals surface area (Å²) in [5.41, 5.74) is 11.2. The van der Waals surface area contributed by atoms with Gasteiger partial charge in [-0.25, -0.2) is 0 Å². The molecule has 3 aromatic rings. The lowest BCUT2D eigenvalue weighted by Gasteiger charge is -2.27. The van der Waals surface area contributed by atoms with E-state index in [1.165, 1.54) is 33.0 Å². The van der Waals surface area contributed by atoms with Gasteiger partial charge in [0.25, 0.3) is 0 Å². The molecule has 22 heavy (non-hydrogen) atoms. The maximum atomic E-state index is 5.77. The molecule has 0 radical (unpaired) electrons. The molecule has 1 aliphatic rings. The lowest BCUT2D eigenvalue weighted by molar-refractivity contribution is 0.591. The summed E-state index contributed by atoms with van der Waals surface area (Å²) in [7, 11) is 0. The van der Waals surface area contributed by atoms with E-state index in [4.69, 9.17) is 5.73 Å². The summed E-state index contributed by atoms with van der Waals surface area (Å²) in [5.74, 6) is 0.417. The zero-order valence-corrected chi connectivity index (χ0v) is 12.5. The smallest absolute Gasteiger partial charge is 0.0218 e. The molecule has 2 heteroatoms. The second-order valence-corrected chi connectivity index (χ2v) is 6.03. The predicted octanol–water partition coefficient (Wildman–Crippen LogP) is 3.53. The van der Waals surface area contributed by atoms with E-state index in [0.717, 1.165) is 13.1 Å². The predicted molar refractivity (Wildman–Crippen MR) is 91.8 cm³/mol. The van der Waals surface area contributed by atoms with Gasteiger partial charge in [0, 0.05) is 25.6 Å². The van der Waals surface area contributed by atoms with Crippen LogP contribution < -0.4 is 11.1 Å². The lowest BCUT2D eigenvalue weighted by atomic mass is 9.84. The zero-order valence-electron chi connectivity index (χ0n) is 12.5. The Morgan fingerprint density at radius 3 is 2.68 bits per heavy atom. The van der Waals surface area contributed by atoms with Gasteiger partial charge >= 0.3 is 0 Å². The first-order valence-corrected chi connectivity index (χ1v) is 7.86. The van der Waals surface area contributed by atoms with Crippen molar-refractivity contribution in [2.45, 2.75) is 19.0 Å². The van der Waals surface area contributed by atoms with E-state index in [9.17, 15) is 0 Å². The molecule has 3 aromatic carbocycles. The lowest BCUT2D eigenvalue weighted by Crippen LogP contribution is -2.29. The van der Waals surface area contributed by atoms with Crippen molar-refractivity contribution in [1.82, 2.24) is 5.32 Å². The minimum absolute atomic E-state index is 0.417. The summed E-state index contributed by atoms with van der Waals surface area (Å²) < 4.78 is 0. The van der Waals surface area contributed by atoms with Gasteiger partial charge in [0.2, 0.25) is 0 Å². The molecule has 0 bridgehead atoms. The topological polar surface area (TPSA) is 38.0 Å². The van der Waals surface area contributed by atoms with Gasteiger partial charge in [-0.05, 0) is 33.0 Å². The number of nitrogens with one attached hydrogen (secondary N) is 1. The number of hydrogen-bond donors (Lipinski definition) is 2. The van der Waals surface area contributed by atoms with Crippen LogP contribution in [0.3, 0.4) is 0 Å². The van der Waals surface area contributed by atoms with Crippen LogP contribution in [0.4, 0.5) is 0 Å². The van der Waals surface area contributed by atoms with Crippen molar-refractivity contribution in [1.29, 1.82) is 0 Å². The first-order chi connectivity index (χ1) is 10.8. The average Bonchev–Trinajstić information content (AvgIpc) is 2.60. The fraction of sp³-hybridized carbons (Fsp3) is 0.200. The Balaban J connectivity index is 1.79. The van der Waals surface area contributed by atoms with Gasteiger partial charge < -0.3 is 11.1 Å².